The quantitative estimate of drug-likeness (QED) is 0.693. The second-order valence-corrected chi connectivity index (χ2v) is 5.05. The molecule has 0 aliphatic rings. The highest BCUT2D eigenvalue weighted by atomic mass is 16.5. The predicted octanol–water partition coefficient (Wildman–Crippen LogP) is 4.09. The molecule has 0 spiro atoms. The normalized spacial score (nSPS) is 11.3. The number of carbonyl (C=O) groups excluding carboxylic acids is 1. The van der Waals surface area contributed by atoms with Gasteiger partial charge in [0.2, 0.25) is 0 Å². The third-order valence-electron chi connectivity index (χ3n) is 3.12. The summed E-state index contributed by atoms with van der Waals surface area (Å²) in [5, 5.41) is 0. The van der Waals surface area contributed by atoms with Gasteiger partial charge in [0.25, 0.3) is 0 Å². The number of unbranched alkanes of at least 4 members (excludes halogenated alkanes) is 1. The topological polar surface area (TPSA) is 26.3 Å². The minimum Gasteiger partial charge on any atom is -0.497 e. The van der Waals surface area contributed by atoms with Crippen molar-refractivity contribution in [3.63, 3.8) is 0 Å². The van der Waals surface area contributed by atoms with Crippen LogP contribution < -0.4 is 4.74 Å². The van der Waals surface area contributed by atoms with E-state index < -0.39 is 0 Å². The minimum absolute atomic E-state index is 0.216. The highest BCUT2D eigenvalue weighted by molar-refractivity contribution is 6.00. The van der Waals surface area contributed by atoms with E-state index in [-0.39, 0.29) is 11.2 Å². The molecule has 0 radical (unpaired) electrons. The number of ether oxygens (including phenoxy) is 1. The lowest BCUT2D eigenvalue weighted by Gasteiger charge is -2.22. The average Bonchev–Trinajstić information content (AvgIpc) is 2.35. The summed E-state index contributed by atoms with van der Waals surface area (Å²) in [6.45, 7) is 6.19. The molecule has 0 amide bonds. The van der Waals surface area contributed by atoms with Crippen molar-refractivity contribution in [2.75, 3.05) is 7.11 Å². The molecule has 0 unspecified atom stereocenters. The molecule has 0 saturated carbocycles. The summed E-state index contributed by atoms with van der Waals surface area (Å²) in [6.07, 6.45) is 3.16. The fourth-order valence-corrected chi connectivity index (χ4v) is 1.87. The first-order chi connectivity index (χ1) is 8.01. The molecule has 0 bridgehead atoms. The monoisotopic (exact) mass is 234 g/mol. The van der Waals surface area contributed by atoms with Gasteiger partial charge in [0.05, 0.1) is 7.11 Å². The summed E-state index contributed by atoms with van der Waals surface area (Å²) in [5.74, 6) is 1.00. The Labute approximate surface area is 104 Å². The van der Waals surface area contributed by atoms with Crippen LogP contribution in [0.1, 0.15) is 50.4 Å². The summed E-state index contributed by atoms with van der Waals surface area (Å²) >= 11 is 0. The molecule has 0 N–H and O–H groups in total. The number of carbonyl (C=O) groups is 1. The second kappa shape index (κ2) is 5.85. The fraction of sp³-hybridized carbons (Fsp3) is 0.533. The molecule has 0 saturated heterocycles. The van der Waals surface area contributed by atoms with Crippen LogP contribution in [0, 0.1) is 5.41 Å². The maximum Gasteiger partial charge on any atom is 0.168 e. The Hall–Kier alpha value is -1.31. The van der Waals surface area contributed by atoms with Gasteiger partial charge in [-0.2, -0.15) is 0 Å². The molecule has 1 aromatic carbocycles. The van der Waals surface area contributed by atoms with Crippen molar-refractivity contribution < 1.29 is 9.53 Å². The predicted molar refractivity (Wildman–Crippen MR) is 70.6 cm³/mol. The lowest BCUT2D eigenvalue weighted by molar-refractivity contribution is 0.0823. The van der Waals surface area contributed by atoms with E-state index >= 15 is 0 Å². The van der Waals surface area contributed by atoms with Gasteiger partial charge in [-0.1, -0.05) is 33.6 Å². The van der Waals surface area contributed by atoms with Gasteiger partial charge in [-0.15, -0.1) is 0 Å². The number of benzene rings is 1. The zero-order valence-electron chi connectivity index (χ0n) is 11.2. The second-order valence-electron chi connectivity index (χ2n) is 5.05. The molecule has 2 nitrogen and oxygen atoms in total. The summed E-state index contributed by atoms with van der Waals surface area (Å²) < 4.78 is 5.09. The van der Waals surface area contributed by atoms with Crippen molar-refractivity contribution in [1.29, 1.82) is 0 Å². The Bertz CT molecular complexity index is 363. The van der Waals surface area contributed by atoms with Crippen molar-refractivity contribution in [3.8, 4) is 5.75 Å². The molecular formula is C15H22O2. The van der Waals surface area contributed by atoms with E-state index in [0.29, 0.717) is 0 Å². The molecule has 0 aliphatic heterocycles. The van der Waals surface area contributed by atoms with Gasteiger partial charge < -0.3 is 4.74 Å². The van der Waals surface area contributed by atoms with E-state index in [1.54, 1.807) is 7.11 Å². The number of rotatable bonds is 6. The maximum atomic E-state index is 12.3. The van der Waals surface area contributed by atoms with Crippen LogP contribution in [-0.4, -0.2) is 12.9 Å². The van der Waals surface area contributed by atoms with Crippen molar-refractivity contribution in [3.05, 3.63) is 29.8 Å². The molecule has 1 rings (SSSR count). The van der Waals surface area contributed by atoms with Gasteiger partial charge in [-0.3, -0.25) is 4.79 Å². The van der Waals surface area contributed by atoms with Gasteiger partial charge >= 0.3 is 0 Å². The molecule has 0 fully saturated rings. The van der Waals surface area contributed by atoms with Crippen molar-refractivity contribution in [1.82, 2.24) is 0 Å². The Morgan fingerprint density at radius 1 is 1.24 bits per heavy atom. The number of Topliss-reactive ketones (excluding diaryl/α,β-unsaturated/α-hetero) is 1. The third kappa shape index (κ3) is 3.58. The Morgan fingerprint density at radius 2 is 1.82 bits per heavy atom. The molecular weight excluding hydrogens is 212 g/mol. The van der Waals surface area contributed by atoms with Gasteiger partial charge in [0, 0.05) is 11.0 Å². The first kappa shape index (κ1) is 13.8. The summed E-state index contributed by atoms with van der Waals surface area (Å²) in [6, 6.07) is 7.36. The van der Waals surface area contributed by atoms with E-state index in [1.165, 1.54) is 0 Å². The van der Waals surface area contributed by atoms with Crippen LogP contribution in [-0.2, 0) is 0 Å². The molecule has 0 aliphatic carbocycles. The fourth-order valence-electron chi connectivity index (χ4n) is 1.87. The molecule has 0 aromatic heterocycles. The average molecular weight is 234 g/mol. The summed E-state index contributed by atoms with van der Waals surface area (Å²) in [4.78, 5) is 12.3. The van der Waals surface area contributed by atoms with E-state index in [4.69, 9.17) is 4.74 Å². The Kier molecular flexibility index (Phi) is 4.73. The van der Waals surface area contributed by atoms with Crippen LogP contribution in [0.5, 0.6) is 5.75 Å². The van der Waals surface area contributed by atoms with E-state index in [0.717, 1.165) is 30.6 Å². The molecule has 17 heavy (non-hydrogen) atoms. The molecule has 2 heteroatoms. The standard InChI is InChI=1S/C15H22O2/c1-5-6-11-15(2,3)14(16)12-7-9-13(17-4)10-8-12/h7-10H,5-6,11H2,1-4H3. The van der Waals surface area contributed by atoms with Gasteiger partial charge in [-0.05, 0) is 30.7 Å². The highest BCUT2D eigenvalue weighted by Gasteiger charge is 2.27. The zero-order chi connectivity index (χ0) is 12.9. The molecule has 0 atom stereocenters. The molecule has 0 heterocycles. The maximum absolute atomic E-state index is 12.3. The van der Waals surface area contributed by atoms with Crippen LogP contribution >= 0.6 is 0 Å². The largest absolute Gasteiger partial charge is 0.497 e. The van der Waals surface area contributed by atoms with E-state index in [1.807, 2.05) is 38.1 Å². The summed E-state index contributed by atoms with van der Waals surface area (Å²) in [5.41, 5.74) is 0.497. The van der Waals surface area contributed by atoms with Crippen molar-refractivity contribution >= 4 is 5.78 Å². The number of hydrogen-bond acceptors (Lipinski definition) is 2. The van der Waals surface area contributed by atoms with Crippen LogP contribution in [0.25, 0.3) is 0 Å². The first-order valence-corrected chi connectivity index (χ1v) is 6.20. The van der Waals surface area contributed by atoms with Crippen LogP contribution in [0.3, 0.4) is 0 Å². The van der Waals surface area contributed by atoms with Crippen molar-refractivity contribution in [2.24, 2.45) is 5.41 Å². The van der Waals surface area contributed by atoms with Crippen LogP contribution in [0.2, 0.25) is 0 Å². The Morgan fingerprint density at radius 3 is 2.29 bits per heavy atom. The highest BCUT2D eigenvalue weighted by Crippen LogP contribution is 2.28. The van der Waals surface area contributed by atoms with Gasteiger partial charge in [0.15, 0.2) is 5.78 Å². The lowest BCUT2D eigenvalue weighted by Crippen LogP contribution is -2.24. The number of hydrogen-bond donors (Lipinski definition) is 0. The van der Waals surface area contributed by atoms with Crippen molar-refractivity contribution in [2.45, 2.75) is 40.0 Å². The number of methoxy groups -OCH3 is 1. The van der Waals surface area contributed by atoms with Gasteiger partial charge in [-0.25, -0.2) is 0 Å². The SMILES string of the molecule is CCCCC(C)(C)C(=O)c1ccc(OC)cc1. The Balaban J connectivity index is 2.80. The van der Waals surface area contributed by atoms with Crippen LogP contribution in [0.4, 0.5) is 0 Å². The number of ketones is 1. The smallest absolute Gasteiger partial charge is 0.168 e. The van der Waals surface area contributed by atoms with E-state index in [2.05, 4.69) is 6.92 Å². The van der Waals surface area contributed by atoms with E-state index in [9.17, 15) is 4.79 Å². The summed E-state index contributed by atoms with van der Waals surface area (Å²) in [7, 11) is 1.63. The lowest BCUT2D eigenvalue weighted by atomic mass is 9.80. The first-order valence-electron chi connectivity index (χ1n) is 6.20. The minimum atomic E-state index is -0.273. The van der Waals surface area contributed by atoms with Gasteiger partial charge in [0.1, 0.15) is 5.75 Å². The molecule has 1 aromatic rings. The zero-order valence-corrected chi connectivity index (χ0v) is 11.2. The third-order valence-corrected chi connectivity index (χ3v) is 3.12. The molecule has 94 valence electrons. The van der Waals surface area contributed by atoms with Crippen LogP contribution in [0.15, 0.2) is 24.3 Å².